The number of hydrogen-bond acceptors (Lipinski definition) is 8. The van der Waals surface area contributed by atoms with Crippen LogP contribution < -0.4 is 21.8 Å². The lowest BCUT2D eigenvalue weighted by Crippen LogP contribution is -2.22. The largest absolute Gasteiger partial charge is 0.481 e. The first-order valence-electron chi connectivity index (χ1n) is 11.7. The number of aromatic nitrogens is 4. The number of carboxylic acid groups (broad SMARTS) is 1. The number of nitrogen functional groups attached to an aromatic ring is 2. The van der Waals surface area contributed by atoms with Crippen molar-refractivity contribution in [3.8, 4) is 22.7 Å². The van der Waals surface area contributed by atoms with Crippen molar-refractivity contribution in [2.75, 3.05) is 18.6 Å². The van der Waals surface area contributed by atoms with Crippen LogP contribution in [0.15, 0.2) is 83.9 Å². The Balaban J connectivity index is 0.000000257. The zero-order valence-electron chi connectivity index (χ0n) is 20.8. The second-order valence-electron chi connectivity index (χ2n) is 8.15. The molecule has 2 aromatic carbocycles. The molecule has 0 unspecified atom stereocenters. The number of ether oxygens (including phenoxy) is 1. The molecule has 0 aliphatic heterocycles. The van der Waals surface area contributed by atoms with Gasteiger partial charge < -0.3 is 21.3 Å². The molecule has 38 heavy (non-hydrogen) atoms. The van der Waals surface area contributed by atoms with Crippen LogP contribution in [0, 0.1) is 0 Å². The summed E-state index contributed by atoms with van der Waals surface area (Å²) in [5.74, 6) is -0.793. The number of nitrogens with zero attached hydrogens (tertiary/aromatic N) is 4. The van der Waals surface area contributed by atoms with Crippen molar-refractivity contribution in [2.24, 2.45) is 0 Å². The van der Waals surface area contributed by atoms with Gasteiger partial charge in [-0.3, -0.25) is 9.36 Å². The van der Waals surface area contributed by atoms with Crippen LogP contribution >= 0.6 is 0 Å². The predicted molar refractivity (Wildman–Crippen MR) is 147 cm³/mol. The van der Waals surface area contributed by atoms with Gasteiger partial charge in [-0.1, -0.05) is 43.3 Å². The topological polar surface area (TPSA) is 159 Å². The Morgan fingerprint density at radius 1 is 1.03 bits per heavy atom. The summed E-state index contributed by atoms with van der Waals surface area (Å²) in [5, 5.41) is 10.1. The van der Waals surface area contributed by atoms with Crippen molar-refractivity contribution in [2.45, 2.75) is 13.3 Å². The van der Waals surface area contributed by atoms with E-state index in [1.165, 1.54) is 0 Å². The fourth-order valence-electron chi connectivity index (χ4n) is 4.04. The predicted octanol–water partition coefficient (Wildman–Crippen LogP) is 3.96. The Kier molecular flexibility index (Phi) is 7.62. The second-order valence-corrected chi connectivity index (χ2v) is 8.15. The molecular formula is C28H26N6O4. The van der Waals surface area contributed by atoms with Gasteiger partial charge in [-0.2, -0.15) is 4.98 Å². The number of pyridine rings is 2. The average Bonchev–Trinajstić information content (AvgIpc) is 2.93. The van der Waals surface area contributed by atoms with Gasteiger partial charge in [0.05, 0.1) is 12.5 Å². The highest BCUT2D eigenvalue weighted by atomic mass is 16.5. The molecule has 0 amide bonds. The number of fused-ring (bicyclic) bond motifs is 1. The summed E-state index contributed by atoms with van der Waals surface area (Å²) in [4.78, 5) is 35.0. The molecule has 0 bridgehead atoms. The summed E-state index contributed by atoms with van der Waals surface area (Å²) in [6.07, 6.45) is 3.54. The molecule has 0 fully saturated rings. The molecule has 0 radical (unpaired) electrons. The quantitative estimate of drug-likeness (QED) is 0.318. The number of aromatic carboxylic acids is 1. The van der Waals surface area contributed by atoms with Crippen molar-refractivity contribution < 1.29 is 14.6 Å². The number of benzene rings is 2. The molecule has 0 saturated heterocycles. The van der Waals surface area contributed by atoms with Gasteiger partial charge in [0.1, 0.15) is 11.4 Å². The Morgan fingerprint density at radius 2 is 1.79 bits per heavy atom. The summed E-state index contributed by atoms with van der Waals surface area (Å²) >= 11 is 0. The summed E-state index contributed by atoms with van der Waals surface area (Å²) in [6, 6.07) is 21.6. The van der Waals surface area contributed by atoms with E-state index in [1.54, 1.807) is 13.3 Å². The highest BCUT2D eigenvalue weighted by Gasteiger charge is 2.14. The van der Waals surface area contributed by atoms with Crippen LogP contribution in [0.3, 0.4) is 0 Å². The van der Waals surface area contributed by atoms with Gasteiger partial charge >= 0.3 is 5.97 Å². The molecule has 0 saturated carbocycles. The summed E-state index contributed by atoms with van der Waals surface area (Å²) in [5.41, 5.74) is 13.8. The zero-order chi connectivity index (χ0) is 27.2. The molecule has 5 N–H and O–H groups in total. The third-order valence-corrected chi connectivity index (χ3v) is 5.82. The molecule has 3 aromatic heterocycles. The highest BCUT2D eigenvalue weighted by molar-refractivity contribution is 5.96. The molecule has 0 aliphatic carbocycles. The monoisotopic (exact) mass is 510 g/mol. The summed E-state index contributed by atoms with van der Waals surface area (Å²) in [6.45, 7) is 2.07. The van der Waals surface area contributed by atoms with Gasteiger partial charge in [-0.15, -0.1) is 0 Å². The summed E-state index contributed by atoms with van der Waals surface area (Å²) in [7, 11) is 1.59. The van der Waals surface area contributed by atoms with Crippen LogP contribution in [0.4, 0.5) is 11.8 Å². The molecule has 0 aliphatic rings. The molecule has 5 aromatic rings. The van der Waals surface area contributed by atoms with Crippen molar-refractivity contribution in [1.29, 1.82) is 0 Å². The van der Waals surface area contributed by atoms with Gasteiger partial charge in [0.2, 0.25) is 11.8 Å². The zero-order valence-corrected chi connectivity index (χ0v) is 20.8. The van der Waals surface area contributed by atoms with Crippen molar-refractivity contribution >= 4 is 28.5 Å². The van der Waals surface area contributed by atoms with Crippen molar-refractivity contribution in [1.82, 2.24) is 19.5 Å². The van der Waals surface area contributed by atoms with Gasteiger partial charge in [0.15, 0.2) is 0 Å². The molecule has 10 heteroatoms. The van der Waals surface area contributed by atoms with Gasteiger partial charge in [0.25, 0.3) is 5.56 Å². The minimum absolute atomic E-state index is 0.0121. The lowest BCUT2D eigenvalue weighted by atomic mass is 9.99. The smallest absolute Gasteiger partial charge is 0.341 e. The van der Waals surface area contributed by atoms with E-state index in [4.69, 9.17) is 21.3 Å². The Hall–Kier alpha value is -5.25. The lowest BCUT2D eigenvalue weighted by molar-refractivity contribution is 0.0697. The van der Waals surface area contributed by atoms with Gasteiger partial charge in [0, 0.05) is 29.8 Å². The van der Waals surface area contributed by atoms with Crippen LogP contribution in [0.5, 0.6) is 5.88 Å². The average molecular weight is 511 g/mol. The van der Waals surface area contributed by atoms with E-state index >= 15 is 0 Å². The third-order valence-electron chi connectivity index (χ3n) is 5.82. The van der Waals surface area contributed by atoms with E-state index in [0.29, 0.717) is 11.3 Å². The normalized spacial score (nSPS) is 10.5. The number of carboxylic acids is 1. The first-order chi connectivity index (χ1) is 18.3. The molecule has 0 atom stereocenters. The SMILES string of the molecule is CCc1cc2cccc(-c3ccnc(OC)c3)c2c(=O)n1-c1ccccc1.Nc1ncc(C(=O)O)c(N)n1. The third kappa shape index (κ3) is 5.29. The van der Waals surface area contributed by atoms with E-state index in [0.717, 1.165) is 40.5 Å². The molecule has 10 nitrogen and oxygen atoms in total. The number of carbonyl (C=O) groups is 1. The van der Waals surface area contributed by atoms with Crippen LogP contribution in [-0.4, -0.2) is 37.7 Å². The molecule has 192 valence electrons. The number of hydrogen-bond donors (Lipinski definition) is 3. The second kappa shape index (κ2) is 11.2. The maximum atomic E-state index is 13.6. The van der Waals surface area contributed by atoms with Crippen molar-refractivity contribution in [3.05, 3.63) is 101 Å². The Bertz CT molecular complexity index is 1670. The molecule has 0 spiro atoms. The molecule has 3 heterocycles. The van der Waals surface area contributed by atoms with E-state index in [2.05, 4.69) is 27.9 Å². The Labute approximate surface area is 218 Å². The van der Waals surface area contributed by atoms with Gasteiger partial charge in [-0.05, 0) is 47.2 Å². The van der Waals surface area contributed by atoms with E-state index in [1.807, 2.05) is 65.2 Å². The van der Waals surface area contributed by atoms with Gasteiger partial charge in [-0.25, -0.2) is 14.8 Å². The number of para-hydroxylation sites is 1. The number of aryl methyl sites for hydroxylation is 1. The fraction of sp³-hybridized carbons (Fsp3) is 0.107. The first-order valence-corrected chi connectivity index (χ1v) is 11.7. The van der Waals surface area contributed by atoms with E-state index in [9.17, 15) is 9.59 Å². The molecular weight excluding hydrogens is 484 g/mol. The maximum Gasteiger partial charge on any atom is 0.341 e. The minimum Gasteiger partial charge on any atom is -0.481 e. The van der Waals surface area contributed by atoms with E-state index < -0.39 is 5.97 Å². The number of nitrogens with two attached hydrogens (primary N) is 2. The van der Waals surface area contributed by atoms with Crippen LogP contribution in [0.2, 0.25) is 0 Å². The summed E-state index contributed by atoms with van der Waals surface area (Å²) < 4.78 is 7.06. The highest BCUT2D eigenvalue weighted by Crippen LogP contribution is 2.29. The standard InChI is InChI=1S/C23H20N2O2.C5H6N4O2/c1-3-18-14-17-8-7-11-20(16-12-13-24-21(15-16)27-2)22(17)23(26)25(18)19-9-5-4-6-10-19;6-3-2(4(10)11)1-8-5(7)9-3/h4-15H,3H2,1-2H3;1H,(H,10,11)(H4,6,7,8,9). The van der Waals surface area contributed by atoms with Crippen LogP contribution in [0.1, 0.15) is 23.0 Å². The maximum absolute atomic E-state index is 13.6. The number of anilines is 2. The minimum atomic E-state index is -1.16. The lowest BCUT2D eigenvalue weighted by Gasteiger charge is -2.15. The number of methoxy groups -OCH3 is 1. The van der Waals surface area contributed by atoms with Crippen LogP contribution in [0.25, 0.3) is 27.6 Å². The van der Waals surface area contributed by atoms with Crippen LogP contribution in [-0.2, 0) is 6.42 Å². The first kappa shape index (κ1) is 25.8. The van der Waals surface area contributed by atoms with E-state index in [-0.39, 0.29) is 22.9 Å². The molecule has 5 rings (SSSR count). The Morgan fingerprint density at radius 3 is 2.45 bits per heavy atom. The fourth-order valence-corrected chi connectivity index (χ4v) is 4.04. The number of rotatable bonds is 5. The van der Waals surface area contributed by atoms with Crippen molar-refractivity contribution in [3.63, 3.8) is 0 Å².